The van der Waals surface area contributed by atoms with Crippen molar-refractivity contribution in [3.8, 4) is 11.3 Å². The van der Waals surface area contributed by atoms with Crippen LogP contribution in [0.3, 0.4) is 0 Å². The molecule has 174 valence electrons. The van der Waals surface area contributed by atoms with Crippen molar-refractivity contribution in [2.45, 2.75) is 31.9 Å². The van der Waals surface area contributed by atoms with Crippen molar-refractivity contribution in [2.75, 3.05) is 50.0 Å². The number of aromatic nitrogens is 6. The van der Waals surface area contributed by atoms with Gasteiger partial charge in [-0.1, -0.05) is 0 Å². The number of aliphatic hydroxyl groups is 1. The predicted octanol–water partition coefficient (Wildman–Crippen LogP) is 0.246. The first kappa shape index (κ1) is 21.5. The van der Waals surface area contributed by atoms with E-state index in [-0.39, 0.29) is 17.9 Å². The largest absolute Gasteiger partial charge is 0.384 e. The number of hydrogen-bond donors (Lipinski definition) is 2. The van der Waals surface area contributed by atoms with E-state index in [4.69, 9.17) is 20.4 Å². The highest BCUT2D eigenvalue weighted by molar-refractivity contribution is 5.88. The van der Waals surface area contributed by atoms with Crippen LogP contribution in [-0.4, -0.2) is 90.9 Å². The lowest BCUT2D eigenvalue weighted by atomic mass is 10.0. The second kappa shape index (κ2) is 8.87. The first-order valence-electron chi connectivity index (χ1n) is 11.1. The predicted molar refractivity (Wildman–Crippen MR) is 120 cm³/mol. The summed E-state index contributed by atoms with van der Waals surface area (Å²) < 4.78 is 7.56. The molecular weight excluding hydrogens is 426 g/mol. The molecule has 5 rings (SSSR count). The number of fused-ring (bicyclic) bond motifs is 1. The minimum Gasteiger partial charge on any atom is -0.384 e. The zero-order valence-electron chi connectivity index (χ0n) is 18.5. The van der Waals surface area contributed by atoms with Gasteiger partial charge in [0.2, 0.25) is 11.9 Å². The lowest BCUT2D eigenvalue weighted by Crippen LogP contribution is -2.43. The summed E-state index contributed by atoms with van der Waals surface area (Å²) >= 11 is 0. The Morgan fingerprint density at radius 1 is 1.12 bits per heavy atom. The van der Waals surface area contributed by atoms with E-state index in [2.05, 4.69) is 24.4 Å². The van der Waals surface area contributed by atoms with Crippen LogP contribution < -0.4 is 10.6 Å². The maximum Gasteiger partial charge on any atom is 0.251 e. The second-order valence-corrected chi connectivity index (χ2v) is 8.36. The molecule has 1 atom stereocenters. The molecule has 12 nitrogen and oxygen atoms in total. The van der Waals surface area contributed by atoms with Crippen LogP contribution in [0.25, 0.3) is 22.4 Å². The number of likely N-dealkylation sites (tertiary alicyclic amines) is 1. The third-order valence-corrected chi connectivity index (χ3v) is 6.18. The molecule has 33 heavy (non-hydrogen) atoms. The topological polar surface area (TPSA) is 148 Å². The van der Waals surface area contributed by atoms with E-state index in [1.54, 1.807) is 23.6 Å². The first-order valence-corrected chi connectivity index (χ1v) is 11.1. The summed E-state index contributed by atoms with van der Waals surface area (Å²) in [5.41, 5.74) is 8.45. The fraction of sp³-hybridized carbons (Fsp3) is 0.524. The normalized spacial score (nSPS) is 18.6. The number of nitrogen functional groups attached to an aromatic ring is 1. The Labute approximate surface area is 190 Å². The van der Waals surface area contributed by atoms with Crippen LogP contribution in [0.5, 0.6) is 0 Å². The van der Waals surface area contributed by atoms with Crippen molar-refractivity contribution in [1.29, 1.82) is 0 Å². The summed E-state index contributed by atoms with van der Waals surface area (Å²) in [5.74, 6) is 0.578. The molecule has 5 heterocycles. The van der Waals surface area contributed by atoms with Crippen molar-refractivity contribution in [2.24, 2.45) is 0 Å². The van der Waals surface area contributed by atoms with Crippen LogP contribution in [-0.2, 0) is 9.53 Å². The van der Waals surface area contributed by atoms with Gasteiger partial charge in [0.05, 0.1) is 19.5 Å². The van der Waals surface area contributed by atoms with Crippen LogP contribution in [0.1, 0.15) is 25.8 Å². The Hall–Kier alpha value is -3.38. The molecule has 0 bridgehead atoms. The van der Waals surface area contributed by atoms with Crippen LogP contribution in [0.2, 0.25) is 0 Å². The van der Waals surface area contributed by atoms with Crippen LogP contribution in [0.15, 0.2) is 18.7 Å². The van der Waals surface area contributed by atoms with E-state index in [1.807, 2.05) is 0 Å². The molecule has 0 radical (unpaired) electrons. The second-order valence-electron chi connectivity index (χ2n) is 8.36. The molecule has 2 aliphatic heterocycles. The molecule has 0 aliphatic carbocycles. The summed E-state index contributed by atoms with van der Waals surface area (Å²) in [5, 5.41) is 9.62. The van der Waals surface area contributed by atoms with Gasteiger partial charge in [-0.05, 0) is 19.8 Å². The summed E-state index contributed by atoms with van der Waals surface area (Å²) in [6, 6.07) is 0.135. The number of aliphatic hydroxyl groups excluding tert-OH is 1. The van der Waals surface area contributed by atoms with Gasteiger partial charge in [-0.25, -0.2) is 19.9 Å². The monoisotopic (exact) mass is 453 g/mol. The lowest BCUT2D eigenvalue weighted by Gasteiger charge is -2.33. The highest BCUT2D eigenvalue weighted by atomic mass is 16.5. The van der Waals surface area contributed by atoms with E-state index < -0.39 is 6.10 Å². The number of carbonyl (C=O) groups is 1. The Balaban J connectivity index is 1.52. The Kier molecular flexibility index (Phi) is 5.77. The van der Waals surface area contributed by atoms with Gasteiger partial charge in [0, 0.05) is 50.2 Å². The number of anilines is 2. The van der Waals surface area contributed by atoms with Crippen LogP contribution >= 0.6 is 0 Å². The molecule has 12 heteroatoms. The fourth-order valence-corrected chi connectivity index (χ4v) is 4.37. The Morgan fingerprint density at radius 3 is 2.48 bits per heavy atom. The average Bonchev–Trinajstić information content (AvgIpc) is 3.28. The third kappa shape index (κ3) is 4.18. The molecule has 0 saturated carbocycles. The molecule has 1 amide bonds. The molecule has 0 spiro atoms. The SMILES string of the molecule is C[C@H](O)C(=O)N1CCC(n2cnc3c(-c4cnc(N)nc4)nc(N4CCOCC4)nc32)CC1. The number of amides is 1. The molecule has 3 N–H and O–H groups in total. The van der Waals surface area contributed by atoms with Gasteiger partial charge < -0.3 is 29.9 Å². The number of carbonyl (C=O) groups excluding carboxylic acids is 1. The van der Waals surface area contributed by atoms with E-state index in [9.17, 15) is 9.90 Å². The van der Waals surface area contributed by atoms with Crippen molar-refractivity contribution in [3.05, 3.63) is 18.7 Å². The van der Waals surface area contributed by atoms with Gasteiger partial charge in [0.1, 0.15) is 17.3 Å². The van der Waals surface area contributed by atoms with Crippen molar-refractivity contribution < 1.29 is 14.6 Å². The summed E-state index contributed by atoms with van der Waals surface area (Å²) in [7, 11) is 0. The Bertz CT molecular complexity index is 1130. The first-order chi connectivity index (χ1) is 16.0. The minimum atomic E-state index is -0.982. The van der Waals surface area contributed by atoms with Gasteiger partial charge in [-0.15, -0.1) is 0 Å². The summed E-state index contributed by atoms with van der Waals surface area (Å²) in [6.07, 6.45) is 5.60. The summed E-state index contributed by atoms with van der Waals surface area (Å²) in [4.78, 5) is 38.6. The highest BCUT2D eigenvalue weighted by Gasteiger charge is 2.28. The molecule has 2 aliphatic rings. The molecular formula is C21H27N9O3. The average molecular weight is 454 g/mol. The minimum absolute atomic E-state index is 0.135. The Morgan fingerprint density at radius 2 is 1.82 bits per heavy atom. The zero-order valence-corrected chi connectivity index (χ0v) is 18.5. The molecule has 2 fully saturated rings. The smallest absolute Gasteiger partial charge is 0.251 e. The van der Waals surface area contributed by atoms with E-state index in [0.717, 1.165) is 18.5 Å². The standard InChI is InChI=1S/C21H27N9O3/c1-13(31)19(32)28-4-2-15(3-5-28)30-12-25-17-16(14-10-23-20(22)24-11-14)26-21(27-18(17)30)29-6-8-33-9-7-29/h10-13,15,31H,2-9H2,1H3,(H2,22,23,24)/t13-/m0/s1. The number of hydrogen-bond acceptors (Lipinski definition) is 10. The van der Waals surface area contributed by atoms with Gasteiger partial charge in [-0.2, -0.15) is 4.98 Å². The number of rotatable bonds is 4. The fourth-order valence-electron chi connectivity index (χ4n) is 4.37. The summed E-state index contributed by atoms with van der Waals surface area (Å²) in [6.45, 7) is 5.31. The van der Waals surface area contributed by atoms with Gasteiger partial charge >= 0.3 is 0 Å². The molecule has 2 saturated heterocycles. The van der Waals surface area contributed by atoms with Gasteiger partial charge in [-0.3, -0.25) is 4.79 Å². The van der Waals surface area contributed by atoms with Crippen molar-refractivity contribution >= 4 is 29.0 Å². The number of nitrogens with zero attached hydrogens (tertiary/aromatic N) is 8. The van der Waals surface area contributed by atoms with E-state index >= 15 is 0 Å². The van der Waals surface area contributed by atoms with Crippen LogP contribution in [0.4, 0.5) is 11.9 Å². The third-order valence-electron chi connectivity index (χ3n) is 6.18. The van der Waals surface area contributed by atoms with Gasteiger partial charge in [0.25, 0.3) is 5.91 Å². The number of imidazole rings is 1. The van der Waals surface area contributed by atoms with Crippen molar-refractivity contribution in [1.82, 2.24) is 34.4 Å². The van der Waals surface area contributed by atoms with Crippen molar-refractivity contribution in [3.63, 3.8) is 0 Å². The number of nitrogens with two attached hydrogens (primary N) is 1. The lowest BCUT2D eigenvalue weighted by molar-refractivity contribution is -0.140. The van der Waals surface area contributed by atoms with Crippen LogP contribution in [0, 0.1) is 0 Å². The van der Waals surface area contributed by atoms with E-state index in [1.165, 1.54) is 6.92 Å². The quantitative estimate of drug-likeness (QED) is 0.563. The maximum absolute atomic E-state index is 12.1. The molecule has 3 aromatic heterocycles. The highest BCUT2D eigenvalue weighted by Crippen LogP contribution is 2.31. The maximum atomic E-state index is 12.1. The molecule has 3 aromatic rings. The molecule has 0 aromatic carbocycles. The van der Waals surface area contributed by atoms with Gasteiger partial charge in [0.15, 0.2) is 5.65 Å². The van der Waals surface area contributed by atoms with E-state index in [0.29, 0.717) is 62.1 Å². The number of ether oxygens (including phenoxy) is 1. The zero-order chi connectivity index (χ0) is 22.9. The number of piperidine rings is 1. The number of morpholine rings is 1. The molecule has 0 unspecified atom stereocenters.